The topological polar surface area (TPSA) is 288 Å². The second-order valence-electron chi connectivity index (χ2n) is 37.7. The van der Waals surface area contributed by atoms with Gasteiger partial charge >= 0.3 is 6.15 Å². The minimum Gasteiger partial charge on any atom is -0.466 e. The number of nitrogens with one attached hydrogen (secondary N) is 6. The first-order valence-electron chi connectivity index (χ1n) is 44.0. The highest BCUT2D eigenvalue weighted by molar-refractivity contribution is 7.82. The van der Waals surface area contributed by atoms with E-state index in [-0.39, 0.29) is 149 Å². The lowest BCUT2D eigenvalue weighted by Crippen LogP contribution is -2.47. The van der Waals surface area contributed by atoms with Gasteiger partial charge in [-0.3, -0.25) is 43.2 Å². The largest absolute Gasteiger partial charge is 0.466 e. The molecule has 132 heavy (non-hydrogen) atoms. The van der Waals surface area contributed by atoms with Crippen LogP contribution in [-0.4, -0.2) is 154 Å². The van der Waals surface area contributed by atoms with Crippen molar-refractivity contribution in [3.63, 3.8) is 0 Å². The van der Waals surface area contributed by atoms with E-state index in [0.717, 1.165) is 63.4 Å². The van der Waals surface area contributed by atoms with E-state index < -0.39 is 0 Å². The van der Waals surface area contributed by atoms with Crippen LogP contribution in [-0.2, 0) is 73.4 Å². The fourth-order valence-electron chi connectivity index (χ4n) is 11.1. The minimum absolute atomic E-state index is 0.00205. The van der Waals surface area contributed by atoms with Gasteiger partial charge in [0.25, 0.3) is 19.4 Å². The molecule has 0 fully saturated rings. The summed E-state index contributed by atoms with van der Waals surface area (Å²) in [5.41, 5.74) is 0.949. The lowest BCUT2D eigenvalue weighted by molar-refractivity contribution is -0.192. The Balaban J connectivity index is -0.000000362. The van der Waals surface area contributed by atoms with E-state index in [9.17, 15) is 43.2 Å². The number of thiol groups is 5. The Bertz CT molecular complexity index is 4490. The van der Waals surface area contributed by atoms with E-state index in [0.29, 0.717) is 76.6 Å². The molecular weight excluding hydrogens is 1750 g/mol. The molecule has 0 bridgehead atoms. The molecule has 5 atom stereocenters. The van der Waals surface area contributed by atoms with Crippen molar-refractivity contribution < 1.29 is 67.0 Å². The van der Waals surface area contributed by atoms with Crippen LogP contribution in [0.2, 0.25) is 0 Å². The van der Waals surface area contributed by atoms with E-state index in [1.807, 2.05) is 87.6 Å². The average molecular weight is 1910 g/mol. The standard InChI is InChI=1S/C28H6.C21H33NO3S.C16H30N2O4S.C14H27NO3S.C14H29NOS.C13H27NOS.CO2/c1-3-5-7-9-11-13-15-17-19-21-23-25-27-28-26-24-22-20-18-16-14-12-10-8-6-4-2;1-6-20(2,3)18(12-16-10-8-7-9-11-16)19(24)22-17(14-25-15-23)13-21(4,5)26;1-15(2,17-5)9-13(20)6-7-14(21)18-12(10-22-11-19)8-16(3,4)23;1-6-13(2,3)8-12(17)15-11(9-18-10-16)7-14(4,5)19;1-13(2,15-5)10-6-8-12(16)9-7-11-14(3,4)17;1-7-12(3,4)9-11(15)14-10(2)8-13(5,6)16;2-1-3/h1-2H3;7-11,15,17-18,26H,6,12-14H2,1-5H3,(H,22,24);11-12,17,23H,6-10H2,1-5H3,(H,18,21);10-11,19H,6-9H2,1-5H3,(H,15,17);15,17H,6-11H2,1-5H3;10,16H,7-9H2,1-6H3,(H,14,15);/t;17-,18-;12-;11-;;10-;/m.000.1./s1. The monoisotopic (exact) mass is 1900 g/mol. The zero-order valence-corrected chi connectivity index (χ0v) is 88.5. The molecule has 0 unspecified atom stereocenters. The van der Waals surface area contributed by atoms with Crippen molar-refractivity contribution in [3.8, 4) is 154 Å². The first-order chi connectivity index (χ1) is 61.2. The van der Waals surface area contributed by atoms with Gasteiger partial charge in [0, 0.05) is 139 Å². The predicted octanol–water partition coefficient (Wildman–Crippen LogP) is 15.6. The Kier molecular flexibility index (Phi) is 76.1. The van der Waals surface area contributed by atoms with Crippen molar-refractivity contribution in [3.05, 3.63) is 35.9 Å². The van der Waals surface area contributed by atoms with Crippen LogP contribution in [0.15, 0.2) is 30.3 Å². The van der Waals surface area contributed by atoms with Crippen molar-refractivity contribution in [2.45, 2.75) is 361 Å². The van der Waals surface area contributed by atoms with Crippen LogP contribution in [0, 0.1) is 176 Å². The molecule has 20 nitrogen and oxygen atoms in total. The molecule has 25 heteroatoms. The maximum atomic E-state index is 13.1. The second kappa shape index (κ2) is 75.6. The molecule has 0 aliphatic heterocycles. The third-order valence-electron chi connectivity index (χ3n) is 19.1. The van der Waals surface area contributed by atoms with Gasteiger partial charge in [-0.1, -0.05) is 193 Å². The van der Waals surface area contributed by atoms with Gasteiger partial charge in [0.05, 0.1) is 18.1 Å². The van der Waals surface area contributed by atoms with Crippen LogP contribution in [0.4, 0.5) is 0 Å². The predicted molar refractivity (Wildman–Crippen MR) is 554 cm³/mol. The number of Topliss-reactive ketones (excluding diaryl/α,β-unsaturated/α-hetero) is 2. The quantitative estimate of drug-likeness (QED) is 0.0125. The molecule has 1 aromatic rings. The van der Waals surface area contributed by atoms with Gasteiger partial charge < -0.3 is 46.1 Å². The van der Waals surface area contributed by atoms with E-state index in [1.54, 1.807) is 20.9 Å². The molecule has 0 spiro atoms. The maximum Gasteiger partial charge on any atom is 0.373 e. The van der Waals surface area contributed by atoms with Gasteiger partial charge in [-0.05, 0) is 237 Å². The van der Waals surface area contributed by atoms with Crippen LogP contribution in [0.5, 0.6) is 0 Å². The summed E-state index contributed by atoms with van der Waals surface area (Å²) >= 11 is 22.4. The number of rotatable bonds is 47. The van der Waals surface area contributed by atoms with Crippen LogP contribution in [0.1, 0.15) is 301 Å². The van der Waals surface area contributed by atoms with Gasteiger partial charge in [-0.2, -0.15) is 72.7 Å². The summed E-state index contributed by atoms with van der Waals surface area (Å²) in [6.45, 7) is 54.2. The molecule has 0 aliphatic carbocycles. The molecule has 0 aromatic heterocycles. The normalized spacial score (nSPS) is 11.5. The van der Waals surface area contributed by atoms with Crippen LogP contribution >= 0.6 is 63.1 Å². The highest BCUT2D eigenvalue weighted by Gasteiger charge is 2.36. The summed E-state index contributed by atoms with van der Waals surface area (Å²) in [5.74, 6) is 65.8. The summed E-state index contributed by atoms with van der Waals surface area (Å²) in [4.78, 5) is 120. The second-order valence-corrected chi connectivity index (χ2v) is 43.7. The first-order valence-corrected chi connectivity index (χ1v) is 46.2. The summed E-state index contributed by atoms with van der Waals surface area (Å²) in [6, 6.07) is 9.48. The summed E-state index contributed by atoms with van der Waals surface area (Å²) in [5, 5.41) is 18.2. The fourth-order valence-corrected chi connectivity index (χ4v) is 12.2. The van der Waals surface area contributed by atoms with Crippen LogP contribution in [0.25, 0.3) is 0 Å². The number of ketones is 2. The van der Waals surface area contributed by atoms with Crippen LogP contribution < -0.4 is 31.9 Å². The first kappa shape index (κ1) is 133. The number of amides is 4. The Labute approximate surface area is 824 Å². The van der Waals surface area contributed by atoms with Gasteiger partial charge in [0.1, 0.15) is 31.4 Å². The molecule has 0 radical (unpaired) electrons. The molecule has 0 saturated heterocycles. The SMILES string of the molecule is CC#CC#CC#CC#CC#CC#CC#CC#CC#CC#CC#CC#CC#CC.CCC(C)(C)CC(=O)N[C@H](C)CC(C)(C)S.CCC(C)(C)CC(=O)N[C@H](COC=O)CC(C)(C)S.CCC(C)(C)[C@@H](Cc1ccccc1)C(=O)N[C@H](COC=O)CC(C)(C)S.CNC(C)(C)CC(=O)CCC(=O)N[C@H](COC=O)CC(C)(C)S.CNC(C)(C)CCCC(=O)CCCC(C)(C)S.O=C=O. The third-order valence-corrected chi connectivity index (χ3v) is 20.0. The summed E-state index contributed by atoms with van der Waals surface area (Å²) in [7, 11) is 3.77. The van der Waals surface area contributed by atoms with E-state index in [2.05, 4.69) is 365 Å². The number of benzene rings is 1. The molecule has 724 valence electrons. The zero-order chi connectivity index (χ0) is 103. The number of ether oxygens (including phenoxy) is 3. The number of hydrogen-bond acceptors (Lipinski definition) is 21. The Hall–Kier alpha value is -9.82. The van der Waals surface area contributed by atoms with Crippen molar-refractivity contribution in [2.75, 3.05) is 33.9 Å². The van der Waals surface area contributed by atoms with Crippen molar-refractivity contribution in [1.82, 2.24) is 31.9 Å². The zero-order valence-electron chi connectivity index (χ0n) is 84.0. The summed E-state index contributed by atoms with van der Waals surface area (Å²) < 4.78 is 13.6. The van der Waals surface area contributed by atoms with Crippen molar-refractivity contribution in [1.29, 1.82) is 0 Å². The van der Waals surface area contributed by atoms with E-state index >= 15 is 0 Å². The molecule has 0 aliphatic rings. The van der Waals surface area contributed by atoms with E-state index in [4.69, 9.17) is 23.8 Å². The fraction of sp³-hybridized carbons (Fsp3) is 0.607. The average Bonchev–Trinajstić information content (AvgIpc) is 0.825. The molecule has 0 heterocycles. The smallest absolute Gasteiger partial charge is 0.373 e. The number of carbonyl (C=O) groups is 9. The van der Waals surface area contributed by atoms with Gasteiger partial charge in [0.2, 0.25) is 23.6 Å². The highest BCUT2D eigenvalue weighted by atomic mass is 32.1. The molecule has 4 amide bonds. The molecule has 0 saturated carbocycles. The molecule has 1 aromatic carbocycles. The van der Waals surface area contributed by atoms with E-state index in [1.165, 1.54) is 0 Å². The lowest BCUT2D eigenvalue weighted by Gasteiger charge is -2.34. The van der Waals surface area contributed by atoms with Crippen molar-refractivity contribution >= 4 is 124 Å². The Morgan fingerprint density at radius 3 is 0.985 bits per heavy atom. The number of carbonyl (C=O) groups excluding carboxylic acids is 11. The highest BCUT2D eigenvalue weighted by Crippen LogP contribution is 2.35. The Morgan fingerprint density at radius 2 is 0.689 bits per heavy atom. The van der Waals surface area contributed by atoms with Crippen LogP contribution in [0.3, 0.4) is 0 Å². The maximum absolute atomic E-state index is 13.1. The molecular formula is C107H152N6O14S5. The molecule has 1 rings (SSSR count). The summed E-state index contributed by atoms with van der Waals surface area (Å²) in [6.07, 6.45) is 13.7. The Morgan fingerprint density at radius 1 is 0.379 bits per heavy atom. The van der Waals surface area contributed by atoms with Gasteiger partial charge in [-0.25, -0.2) is 0 Å². The van der Waals surface area contributed by atoms with Gasteiger partial charge in [-0.15, -0.1) is 0 Å². The van der Waals surface area contributed by atoms with Gasteiger partial charge in [0.15, 0.2) is 0 Å². The lowest BCUT2D eigenvalue weighted by atomic mass is 9.73. The number of hydrogen-bond donors (Lipinski definition) is 11. The molecule has 6 N–H and O–H groups in total. The third kappa shape index (κ3) is 94.8. The minimum atomic E-state index is -0.316. The van der Waals surface area contributed by atoms with Crippen molar-refractivity contribution in [2.24, 2.45) is 22.2 Å².